The van der Waals surface area contributed by atoms with Gasteiger partial charge < -0.3 is 15.0 Å². The van der Waals surface area contributed by atoms with Crippen LogP contribution in [0.2, 0.25) is 5.02 Å². The maximum absolute atomic E-state index is 12.0. The molecule has 2 aromatic carbocycles. The van der Waals surface area contributed by atoms with Crippen LogP contribution in [0.25, 0.3) is 0 Å². The smallest absolute Gasteiger partial charge is 0.423 e. The molecule has 2 aromatic rings. The van der Waals surface area contributed by atoms with Crippen molar-refractivity contribution in [1.29, 1.82) is 0 Å². The van der Waals surface area contributed by atoms with Crippen LogP contribution in [0.1, 0.15) is 11.1 Å². The lowest BCUT2D eigenvalue weighted by Crippen LogP contribution is -2.29. The molecule has 0 spiro atoms. The molecule has 0 atom stereocenters. The van der Waals surface area contributed by atoms with Crippen LogP contribution in [0, 0.1) is 0 Å². The Kier molecular flexibility index (Phi) is 4.73. The average molecular weight is 334 g/mol. The largest absolute Gasteiger partial charge is 0.493 e. The molecular formula is C15H13BClNO3S. The number of rotatable bonds is 3. The highest BCUT2D eigenvalue weighted by molar-refractivity contribution is 8.13. The normalized spacial score (nSPS) is 13.1. The first-order valence-corrected chi connectivity index (χ1v) is 8.10. The summed E-state index contributed by atoms with van der Waals surface area (Å²) in [4.78, 5) is 12.0. The second kappa shape index (κ2) is 6.75. The van der Waals surface area contributed by atoms with Gasteiger partial charge in [-0.3, -0.25) is 4.79 Å². The highest BCUT2D eigenvalue weighted by Crippen LogP contribution is 2.26. The van der Waals surface area contributed by atoms with Crippen molar-refractivity contribution in [3.63, 3.8) is 0 Å². The van der Waals surface area contributed by atoms with Crippen LogP contribution >= 0.6 is 23.4 Å². The number of halogens is 1. The van der Waals surface area contributed by atoms with Gasteiger partial charge >= 0.3 is 7.12 Å². The highest BCUT2D eigenvalue weighted by Gasteiger charge is 2.31. The van der Waals surface area contributed by atoms with Gasteiger partial charge in [0.15, 0.2) is 0 Å². The fourth-order valence-electron chi connectivity index (χ4n) is 2.24. The van der Waals surface area contributed by atoms with E-state index in [9.17, 15) is 9.82 Å². The lowest BCUT2D eigenvalue weighted by Gasteiger charge is -2.10. The van der Waals surface area contributed by atoms with Gasteiger partial charge in [-0.05, 0) is 17.2 Å². The molecule has 0 aliphatic carbocycles. The molecule has 2 N–H and O–H groups in total. The van der Waals surface area contributed by atoms with Crippen LogP contribution < -0.4 is 10.8 Å². The first-order valence-electron chi connectivity index (χ1n) is 6.74. The lowest BCUT2D eigenvalue weighted by atomic mass is 9.79. The fraction of sp³-hybridized carbons (Fsp3) is 0.133. The molecule has 3 rings (SSSR count). The summed E-state index contributed by atoms with van der Waals surface area (Å²) in [5.41, 5.74) is 2.93. The number of carbonyl (C=O) groups excluding carboxylic acids is 1. The second-order valence-electron chi connectivity index (χ2n) is 4.85. The molecule has 0 unspecified atom stereocenters. The van der Waals surface area contributed by atoms with E-state index in [1.54, 1.807) is 12.1 Å². The summed E-state index contributed by atoms with van der Waals surface area (Å²) in [6.07, 6.45) is 0. The van der Waals surface area contributed by atoms with E-state index in [1.807, 2.05) is 30.3 Å². The minimum atomic E-state index is -1.03. The average Bonchev–Trinajstić information content (AvgIpc) is 2.91. The zero-order valence-electron chi connectivity index (χ0n) is 11.6. The summed E-state index contributed by atoms with van der Waals surface area (Å²) < 4.78 is 5.12. The third-order valence-electron chi connectivity index (χ3n) is 3.36. The Balaban J connectivity index is 1.66. The summed E-state index contributed by atoms with van der Waals surface area (Å²) in [6, 6.07) is 13.3. The van der Waals surface area contributed by atoms with Crippen molar-refractivity contribution >= 4 is 46.9 Å². The quantitative estimate of drug-likeness (QED) is 0.848. The van der Waals surface area contributed by atoms with E-state index in [1.165, 1.54) is 0 Å². The number of nitrogens with one attached hydrogen (secondary N) is 1. The van der Waals surface area contributed by atoms with Crippen molar-refractivity contribution in [2.45, 2.75) is 12.4 Å². The molecule has 4 nitrogen and oxygen atoms in total. The van der Waals surface area contributed by atoms with Crippen molar-refractivity contribution in [1.82, 2.24) is 0 Å². The lowest BCUT2D eigenvalue weighted by molar-refractivity contribution is 0.269. The van der Waals surface area contributed by atoms with Gasteiger partial charge in [-0.25, -0.2) is 0 Å². The maximum atomic E-state index is 12.0. The van der Waals surface area contributed by atoms with Crippen LogP contribution in [-0.4, -0.2) is 17.4 Å². The molecule has 0 bridgehead atoms. The molecule has 1 amide bonds. The van der Waals surface area contributed by atoms with Gasteiger partial charge in [-0.1, -0.05) is 59.8 Å². The Morgan fingerprint density at radius 3 is 2.86 bits per heavy atom. The topological polar surface area (TPSA) is 58.6 Å². The SMILES string of the molecule is O=C(Nc1ccc2c(c1Cl)B(O)OC2)SCc1ccccc1. The van der Waals surface area contributed by atoms with Gasteiger partial charge in [0.25, 0.3) is 5.24 Å². The van der Waals surface area contributed by atoms with Crippen molar-refractivity contribution in [2.24, 2.45) is 0 Å². The summed E-state index contributed by atoms with van der Waals surface area (Å²) in [5.74, 6) is 0.584. The molecule has 7 heteroatoms. The number of amides is 1. The molecule has 1 aliphatic heterocycles. The summed E-state index contributed by atoms with van der Waals surface area (Å²) >= 11 is 7.41. The van der Waals surface area contributed by atoms with Gasteiger partial charge in [0.2, 0.25) is 0 Å². The van der Waals surface area contributed by atoms with E-state index < -0.39 is 7.12 Å². The molecule has 0 saturated heterocycles. The number of benzene rings is 2. The standard InChI is InChI=1S/C15H13BClNO3S/c17-14-12(7-6-11-8-21-16(20)13(11)14)18-15(19)22-9-10-4-2-1-3-5-10/h1-7,20H,8-9H2,(H,18,19). The summed E-state index contributed by atoms with van der Waals surface area (Å²) in [5, 5.41) is 12.6. The van der Waals surface area contributed by atoms with E-state index in [2.05, 4.69) is 5.32 Å². The third kappa shape index (κ3) is 3.30. The maximum Gasteiger partial charge on any atom is 0.493 e. The van der Waals surface area contributed by atoms with Crippen molar-refractivity contribution in [3.8, 4) is 0 Å². The molecule has 22 heavy (non-hydrogen) atoms. The monoisotopic (exact) mass is 333 g/mol. The first kappa shape index (κ1) is 15.4. The van der Waals surface area contributed by atoms with E-state index >= 15 is 0 Å². The second-order valence-corrected chi connectivity index (χ2v) is 6.18. The van der Waals surface area contributed by atoms with E-state index in [0.29, 0.717) is 28.5 Å². The van der Waals surface area contributed by atoms with E-state index in [-0.39, 0.29) is 5.24 Å². The zero-order chi connectivity index (χ0) is 15.5. The predicted octanol–water partition coefficient (Wildman–Crippen LogP) is 3.02. The van der Waals surface area contributed by atoms with E-state index in [4.69, 9.17) is 16.3 Å². The predicted molar refractivity (Wildman–Crippen MR) is 90.6 cm³/mol. The summed E-state index contributed by atoms with van der Waals surface area (Å²) in [7, 11) is -1.03. The zero-order valence-corrected chi connectivity index (χ0v) is 13.2. The van der Waals surface area contributed by atoms with Gasteiger partial charge in [0, 0.05) is 11.2 Å². The first-order chi connectivity index (χ1) is 10.6. The number of hydrogen-bond acceptors (Lipinski definition) is 4. The van der Waals surface area contributed by atoms with Gasteiger partial charge in [0.1, 0.15) is 0 Å². The minimum absolute atomic E-state index is 0.195. The Morgan fingerprint density at radius 2 is 2.09 bits per heavy atom. The number of thioether (sulfide) groups is 1. The molecule has 1 aliphatic rings. The van der Waals surface area contributed by atoms with Crippen LogP contribution in [0.3, 0.4) is 0 Å². The Labute approximate surface area is 138 Å². The summed E-state index contributed by atoms with van der Waals surface area (Å²) in [6.45, 7) is 0.327. The molecule has 0 aromatic heterocycles. The van der Waals surface area contributed by atoms with Crippen molar-refractivity contribution in [2.75, 3.05) is 5.32 Å². The number of fused-ring (bicyclic) bond motifs is 1. The molecular weight excluding hydrogens is 321 g/mol. The molecule has 0 radical (unpaired) electrons. The van der Waals surface area contributed by atoms with Gasteiger partial charge in [-0.2, -0.15) is 0 Å². The minimum Gasteiger partial charge on any atom is -0.423 e. The molecule has 1 heterocycles. The number of hydrogen-bond donors (Lipinski definition) is 2. The van der Waals surface area contributed by atoms with E-state index in [0.717, 1.165) is 22.9 Å². The van der Waals surface area contributed by atoms with Crippen LogP contribution in [0.5, 0.6) is 0 Å². The Bertz CT molecular complexity index is 699. The molecule has 0 saturated carbocycles. The van der Waals surface area contributed by atoms with Crippen LogP contribution in [0.15, 0.2) is 42.5 Å². The third-order valence-corrected chi connectivity index (χ3v) is 4.61. The Hall–Kier alpha value is -1.47. The van der Waals surface area contributed by atoms with Gasteiger partial charge in [-0.15, -0.1) is 0 Å². The molecule has 112 valence electrons. The van der Waals surface area contributed by atoms with Crippen molar-refractivity contribution in [3.05, 3.63) is 58.6 Å². The number of anilines is 1. The number of carbonyl (C=O) groups is 1. The highest BCUT2D eigenvalue weighted by atomic mass is 35.5. The van der Waals surface area contributed by atoms with Gasteiger partial charge in [0.05, 0.1) is 17.3 Å². The van der Waals surface area contributed by atoms with Crippen molar-refractivity contribution < 1.29 is 14.5 Å². The fourth-order valence-corrected chi connectivity index (χ4v) is 3.24. The Morgan fingerprint density at radius 1 is 1.32 bits per heavy atom. The molecule has 0 fully saturated rings. The van der Waals surface area contributed by atoms with Crippen LogP contribution in [0.4, 0.5) is 10.5 Å². The van der Waals surface area contributed by atoms with Crippen LogP contribution in [-0.2, 0) is 17.0 Å².